The molecule has 1 aromatic heterocycles. The highest BCUT2D eigenvalue weighted by Crippen LogP contribution is 2.36. The lowest BCUT2D eigenvalue weighted by atomic mass is 10.1. The zero-order valence-electron chi connectivity index (χ0n) is 25.9. The molecule has 17 heteroatoms. The lowest BCUT2D eigenvalue weighted by Gasteiger charge is -2.19. The maximum atomic E-state index is 12.4. The summed E-state index contributed by atoms with van der Waals surface area (Å²) in [6.07, 6.45) is 3.42. The highest BCUT2D eigenvalue weighted by atomic mass is 16.7. The van der Waals surface area contributed by atoms with Crippen LogP contribution in [0, 0.1) is 11.3 Å². The third-order valence-electron chi connectivity index (χ3n) is 7.12. The Bertz CT molecular complexity index is 1450. The van der Waals surface area contributed by atoms with Crippen LogP contribution in [0.25, 0.3) is 11.4 Å². The van der Waals surface area contributed by atoms with Gasteiger partial charge in [0.05, 0.1) is 24.1 Å². The number of amides is 3. The Labute approximate surface area is 265 Å². The third-order valence-corrected chi connectivity index (χ3v) is 7.12. The second kappa shape index (κ2) is 16.6. The molecule has 46 heavy (non-hydrogen) atoms. The number of benzene rings is 1. The van der Waals surface area contributed by atoms with Gasteiger partial charge >= 0.3 is 6.10 Å². The summed E-state index contributed by atoms with van der Waals surface area (Å²) in [5.41, 5.74) is 4.80. The van der Waals surface area contributed by atoms with Crippen LogP contribution >= 0.6 is 0 Å². The number of hydrogen-bond acceptors (Lipinski definition) is 13. The van der Waals surface area contributed by atoms with E-state index in [1.807, 2.05) is 0 Å². The number of nitrogens with two attached hydrogens (primary N) is 1. The van der Waals surface area contributed by atoms with Gasteiger partial charge in [-0.25, -0.2) is 0 Å². The van der Waals surface area contributed by atoms with Gasteiger partial charge in [-0.1, -0.05) is 31.0 Å². The second-order valence-electron chi connectivity index (χ2n) is 11.0. The van der Waals surface area contributed by atoms with Crippen LogP contribution in [0.15, 0.2) is 39.5 Å². The van der Waals surface area contributed by atoms with Gasteiger partial charge in [0.2, 0.25) is 24.0 Å². The number of carbonyl (C=O) groups is 3. The molecule has 2 fully saturated rings. The van der Waals surface area contributed by atoms with Crippen molar-refractivity contribution in [1.29, 1.82) is 5.41 Å². The van der Waals surface area contributed by atoms with E-state index in [0.717, 1.165) is 37.8 Å². The van der Waals surface area contributed by atoms with Crippen LogP contribution in [0.5, 0.6) is 5.75 Å². The molecule has 0 radical (unpaired) electrons. The molecule has 9 N–H and O–H groups in total. The van der Waals surface area contributed by atoms with Crippen LogP contribution in [-0.2, 0) is 20.8 Å². The molecule has 1 saturated carbocycles. The van der Waals surface area contributed by atoms with Crippen LogP contribution in [0.1, 0.15) is 44.9 Å². The van der Waals surface area contributed by atoms with Crippen LogP contribution in [0.4, 0.5) is 5.69 Å². The minimum absolute atomic E-state index is 0.0678. The Hall–Kier alpha value is -4.71. The number of likely N-dealkylation sites (tertiary alicyclic amines) is 1. The number of ether oxygens (including phenoxy) is 1. The molecule has 1 aliphatic heterocycles. The maximum absolute atomic E-state index is 12.4. The third kappa shape index (κ3) is 11.3. The molecule has 3 amide bonds. The molecule has 250 valence electrons. The quantitative estimate of drug-likeness (QED) is 0.0576. The minimum Gasteiger partial charge on any atom is -0.494 e. The summed E-state index contributed by atoms with van der Waals surface area (Å²) in [5.74, 6) is -0.741. The monoisotopic (exact) mass is 643 g/mol. The molecule has 4 rings (SSSR count). The molecule has 2 aromatic rings. The van der Waals surface area contributed by atoms with Gasteiger partial charge in [0, 0.05) is 18.7 Å². The van der Waals surface area contributed by atoms with Gasteiger partial charge in [-0.3, -0.25) is 25.1 Å². The largest absolute Gasteiger partial charge is 0.494 e. The fourth-order valence-electron chi connectivity index (χ4n) is 4.46. The van der Waals surface area contributed by atoms with Gasteiger partial charge in [0.15, 0.2) is 5.75 Å². The summed E-state index contributed by atoms with van der Waals surface area (Å²) in [7, 11) is 3.41. The first-order valence-corrected chi connectivity index (χ1v) is 14.6. The number of hydrogen-bond donors (Lipinski definition) is 8. The standard InChI is InChI=1S/C25H33N9O8.C4H8/c1-34-10-4-5-14(34)8-9-28-19(36)12-20-31-23(33-42-20)15-6-3-7-16(22(15)41-2)30-17(11-18(26)29-13-35)21(27)24(37)32-25(38,39)40;1-4-2-3-4/h3,6-7,11,13-14,27,30,38-40H,4-5,8-10,12H2,1-2H3,(H,28,36)(H,32,37)(H2,26,29,35);4H,2-3H2,1H3/b17-11+,27-21?;. The number of anilines is 1. The predicted octanol–water partition coefficient (Wildman–Crippen LogP) is -0.162. The smallest absolute Gasteiger partial charge is 0.369 e. The van der Waals surface area contributed by atoms with E-state index in [-0.39, 0.29) is 47.6 Å². The molecule has 1 unspecified atom stereocenters. The van der Waals surface area contributed by atoms with E-state index in [2.05, 4.69) is 44.6 Å². The number of nitrogens with zero attached hydrogens (tertiary/aromatic N) is 4. The summed E-state index contributed by atoms with van der Waals surface area (Å²) in [4.78, 5) is 45.3. The molecule has 1 saturated heterocycles. The first-order chi connectivity index (χ1) is 21.8. The van der Waals surface area contributed by atoms with E-state index >= 15 is 0 Å². The number of aliphatic hydroxyl groups is 3. The van der Waals surface area contributed by atoms with E-state index in [1.54, 1.807) is 12.1 Å². The second-order valence-corrected chi connectivity index (χ2v) is 11.0. The number of amidine groups is 1. The van der Waals surface area contributed by atoms with Crippen molar-refractivity contribution in [3.8, 4) is 17.1 Å². The predicted molar refractivity (Wildman–Crippen MR) is 166 cm³/mol. The Balaban J connectivity index is 0.00000133. The molecule has 0 bridgehead atoms. The molecular weight excluding hydrogens is 602 g/mol. The summed E-state index contributed by atoms with van der Waals surface area (Å²) in [5, 5.41) is 46.2. The van der Waals surface area contributed by atoms with Crippen molar-refractivity contribution in [2.24, 2.45) is 16.6 Å². The summed E-state index contributed by atoms with van der Waals surface area (Å²) in [6, 6.07) is 5.10. The van der Waals surface area contributed by atoms with Crippen molar-refractivity contribution >= 4 is 35.5 Å². The Morgan fingerprint density at radius 1 is 1.28 bits per heavy atom. The molecule has 17 nitrogen and oxygen atoms in total. The Kier molecular flexibility index (Phi) is 12.9. The SMILES string of the molecule is CC1CC1.COc1c(N/C(=C/C(N)=NC=O)C(=N)C(=O)NC(O)(O)O)cccc1-c1noc(CC(=O)NCCC2CCCN2C)n1. The van der Waals surface area contributed by atoms with Crippen molar-refractivity contribution in [2.75, 3.05) is 32.6 Å². The van der Waals surface area contributed by atoms with E-state index in [1.165, 1.54) is 31.3 Å². The van der Waals surface area contributed by atoms with Crippen LogP contribution < -0.4 is 26.4 Å². The van der Waals surface area contributed by atoms with E-state index in [9.17, 15) is 14.4 Å². The molecular formula is C29H41N9O8. The number of para-hydroxylation sites is 1. The summed E-state index contributed by atoms with van der Waals surface area (Å²) in [6.45, 7) is 3.86. The van der Waals surface area contributed by atoms with Gasteiger partial charge in [0.25, 0.3) is 5.91 Å². The van der Waals surface area contributed by atoms with Gasteiger partial charge in [-0.05, 0) is 50.9 Å². The lowest BCUT2D eigenvalue weighted by Crippen LogP contribution is -2.51. The number of aliphatic imine (C=N–C) groups is 1. The van der Waals surface area contributed by atoms with Gasteiger partial charge in [0.1, 0.15) is 18.0 Å². The highest BCUT2D eigenvalue weighted by molar-refractivity contribution is 6.45. The normalized spacial score (nSPS) is 17.0. The number of methoxy groups -OCH3 is 1. The highest BCUT2D eigenvalue weighted by Gasteiger charge is 2.27. The van der Waals surface area contributed by atoms with E-state index in [0.29, 0.717) is 18.2 Å². The first-order valence-electron chi connectivity index (χ1n) is 14.6. The molecule has 0 spiro atoms. The van der Waals surface area contributed by atoms with Crippen LogP contribution in [0.3, 0.4) is 0 Å². The van der Waals surface area contributed by atoms with Gasteiger partial charge < -0.3 is 45.8 Å². The van der Waals surface area contributed by atoms with Crippen molar-refractivity contribution in [3.05, 3.63) is 35.9 Å². The lowest BCUT2D eigenvalue weighted by molar-refractivity contribution is -0.325. The summed E-state index contributed by atoms with van der Waals surface area (Å²) >= 11 is 0. The van der Waals surface area contributed by atoms with E-state index < -0.39 is 23.6 Å². The van der Waals surface area contributed by atoms with Crippen LogP contribution in [-0.4, -0.2) is 99.5 Å². The topological polar surface area (TPSA) is 262 Å². The number of carbonyl (C=O) groups excluding carboxylic acids is 3. The minimum atomic E-state index is -3.60. The van der Waals surface area contributed by atoms with Crippen molar-refractivity contribution in [1.82, 2.24) is 25.7 Å². The zero-order valence-corrected chi connectivity index (χ0v) is 25.9. The maximum Gasteiger partial charge on any atom is 0.369 e. The van der Waals surface area contributed by atoms with Crippen molar-refractivity contribution in [2.45, 2.75) is 57.6 Å². The molecule has 2 aliphatic rings. The van der Waals surface area contributed by atoms with E-state index in [4.69, 9.17) is 35.7 Å². The Morgan fingerprint density at radius 2 is 2.00 bits per heavy atom. The zero-order chi connectivity index (χ0) is 33.9. The number of aromatic nitrogens is 2. The van der Waals surface area contributed by atoms with Crippen molar-refractivity contribution < 1.29 is 39.0 Å². The number of rotatable bonds is 14. The first kappa shape index (κ1) is 35.8. The fraction of sp³-hybridized carbons (Fsp3) is 0.483. The average molecular weight is 644 g/mol. The Morgan fingerprint density at radius 3 is 2.59 bits per heavy atom. The number of nitrogens with one attached hydrogen (secondary N) is 4. The van der Waals surface area contributed by atoms with Crippen molar-refractivity contribution in [3.63, 3.8) is 0 Å². The van der Waals surface area contributed by atoms with Gasteiger partial charge in [-0.2, -0.15) is 9.98 Å². The van der Waals surface area contributed by atoms with Crippen LogP contribution in [0.2, 0.25) is 0 Å². The average Bonchev–Trinajstić information content (AvgIpc) is 3.45. The molecule has 1 atom stereocenters. The molecule has 1 aliphatic carbocycles. The molecule has 1 aromatic carbocycles. The van der Waals surface area contributed by atoms with Gasteiger partial charge in [-0.15, -0.1) is 0 Å². The fourth-order valence-corrected chi connectivity index (χ4v) is 4.46. The summed E-state index contributed by atoms with van der Waals surface area (Å²) < 4.78 is 10.8. The molecule has 2 heterocycles.